The summed E-state index contributed by atoms with van der Waals surface area (Å²) in [6, 6.07) is 12.3. The third kappa shape index (κ3) is 4.74. The van der Waals surface area contributed by atoms with Crippen molar-refractivity contribution >= 4 is 18.1 Å². The van der Waals surface area contributed by atoms with Crippen LogP contribution < -0.4 is 5.43 Å². The molecule has 10 nitrogen and oxygen atoms in total. The molecule has 0 radical (unpaired) electrons. The molecule has 0 aliphatic heterocycles. The van der Waals surface area contributed by atoms with Gasteiger partial charge in [-0.15, -0.1) is 10.2 Å². The Morgan fingerprint density at radius 1 is 1.00 bits per heavy atom. The number of nitrogens with one attached hydrogen (secondary N) is 1. The molecule has 0 bridgehead atoms. The number of hydrazone groups is 1. The van der Waals surface area contributed by atoms with Crippen molar-refractivity contribution in [2.75, 3.05) is 6.61 Å². The van der Waals surface area contributed by atoms with Gasteiger partial charge < -0.3 is 18.0 Å². The van der Waals surface area contributed by atoms with Gasteiger partial charge >= 0.3 is 5.97 Å². The Morgan fingerprint density at radius 2 is 1.73 bits per heavy atom. The predicted molar refractivity (Wildman–Crippen MR) is 117 cm³/mol. The monoisotopic (exact) mass is 448 g/mol. The van der Waals surface area contributed by atoms with E-state index in [1.165, 1.54) is 18.3 Å². The number of esters is 1. The van der Waals surface area contributed by atoms with Crippen LogP contribution in [0.3, 0.4) is 0 Å². The van der Waals surface area contributed by atoms with Gasteiger partial charge in [-0.2, -0.15) is 5.10 Å². The Morgan fingerprint density at radius 3 is 2.48 bits per heavy atom. The number of ether oxygens (including phenoxy) is 1. The topological polar surface area (TPSA) is 133 Å². The van der Waals surface area contributed by atoms with Gasteiger partial charge in [-0.25, -0.2) is 10.2 Å². The molecule has 1 aromatic carbocycles. The largest absolute Gasteiger partial charge is 0.462 e. The first-order chi connectivity index (χ1) is 16.0. The Labute approximate surface area is 188 Å². The van der Waals surface area contributed by atoms with Crippen LogP contribution in [-0.4, -0.2) is 34.9 Å². The minimum absolute atomic E-state index is 0.150. The maximum atomic E-state index is 12.5. The molecular weight excluding hydrogens is 428 g/mol. The predicted octanol–water partition coefficient (Wildman–Crippen LogP) is 4.15. The van der Waals surface area contributed by atoms with Crippen molar-refractivity contribution < 1.29 is 27.6 Å². The highest BCUT2D eigenvalue weighted by molar-refractivity contribution is 5.97. The summed E-state index contributed by atoms with van der Waals surface area (Å²) < 4.78 is 21.7. The minimum Gasteiger partial charge on any atom is -0.462 e. The lowest BCUT2D eigenvalue weighted by Crippen LogP contribution is -2.17. The van der Waals surface area contributed by atoms with Crippen molar-refractivity contribution in [3.8, 4) is 23.1 Å². The zero-order chi connectivity index (χ0) is 23.4. The van der Waals surface area contributed by atoms with Crippen molar-refractivity contribution in [1.82, 2.24) is 15.6 Å². The molecular formula is C23H20N4O6. The second-order valence-electron chi connectivity index (χ2n) is 6.90. The van der Waals surface area contributed by atoms with Crippen LogP contribution in [0.15, 0.2) is 60.8 Å². The second-order valence-corrected chi connectivity index (χ2v) is 6.90. The number of aromatic nitrogens is 2. The van der Waals surface area contributed by atoms with Crippen LogP contribution in [0.4, 0.5) is 0 Å². The highest BCUT2D eigenvalue weighted by Gasteiger charge is 2.20. The Bertz CT molecular complexity index is 1320. The zero-order valence-corrected chi connectivity index (χ0v) is 18.1. The van der Waals surface area contributed by atoms with Crippen LogP contribution in [0.5, 0.6) is 0 Å². The number of aryl methyl sites for hydroxylation is 2. The number of rotatable bonds is 7. The fourth-order valence-corrected chi connectivity index (χ4v) is 3.03. The summed E-state index contributed by atoms with van der Waals surface area (Å²) in [6.45, 7) is 5.25. The molecule has 4 rings (SSSR count). The van der Waals surface area contributed by atoms with Crippen LogP contribution in [0.2, 0.25) is 0 Å². The zero-order valence-electron chi connectivity index (χ0n) is 18.1. The van der Waals surface area contributed by atoms with Gasteiger partial charge in [0.1, 0.15) is 22.8 Å². The molecule has 0 spiro atoms. The molecule has 0 atom stereocenters. The summed E-state index contributed by atoms with van der Waals surface area (Å²) in [6.07, 6.45) is 1.29. The van der Waals surface area contributed by atoms with Gasteiger partial charge in [-0.1, -0.05) is 18.2 Å². The van der Waals surface area contributed by atoms with Crippen molar-refractivity contribution in [2.45, 2.75) is 20.8 Å². The first-order valence-corrected chi connectivity index (χ1v) is 10.1. The number of amides is 1. The van der Waals surface area contributed by atoms with E-state index in [0.717, 1.165) is 5.56 Å². The molecule has 3 heterocycles. The van der Waals surface area contributed by atoms with Crippen molar-refractivity contribution in [2.24, 2.45) is 5.10 Å². The molecule has 1 amide bonds. The molecule has 0 aliphatic carbocycles. The smallest absolute Gasteiger partial charge is 0.341 e. The average Bonchev–Trinajstić information content (AvgIpc) is 3.53. The van der Waals surface area contributed by atoms with Crippen LogP contribution in [0.25, 0.3) is 23.1 Å². The maximum Gasteiger partial charge on any atom is 0.341 e. The molecule has 10 heteroatoms. The van der Waals surface area contributed by atoms with E-state index in [-0.39, 0.29) is 23.8 Å². The van der Waals surface area contributed by atoms with Gasteiger partial charge in [-0.05, 0) is 32.9 Å². The number of hydrogen-bond acceptors (Lipinski definition) is 9. The van der Waals surface area contributed by atoms with Gasteiger partial charge in [0, 0.05) is 17.7 Å². The summed E-state index contributed by atoms with van der Waals surface area (Å²) in [7, 11) is 0. The van der Waals surface area contributed by atoms with E-state index in [9.17, 15) is 9.59 Å². The molecule has 0 saturated carbocycles. The minimum atomic E-state index is -0.504. The fraction of sp³-hybridized carbons (Fsp3) is 0.174. The molecule has 0 saturated heterocycles. The van der Waals surface area contributed by atoms with E-state index in [1.807, 2.05) is 30.3 Å². The van der Waals surface area contributed by atoms with Crippen LogP contribution in [0.1, 0.15) is 44.9 Å². The number of carbonyl (C=O) groups is 2. The molecule has 0 aliphatic rings. The highest BCUT2D eigenvalue weighted by atomic mass is 16.5. The molecule has 33 heavy (non-hydrogen) atoms. The SMILES string of the molecule is CCOC(=O)c1cc(/C=N/NC(=O)c2cc(-c3nnc(-c4ccccc4)o3)oc2C)oc1C. The quantitative estimate of drug-likeness (QED) is 0.253. The van der Waals surface area contributed by atoms with E-state index in [0.29, 0.717) is 28.7 Å². The number of hydrogen-bond donors (Lipinski definition) is 1. The molecule has 0 unspecified atom stereocenters. The Kier molecular flexibility index (Phi) is 6.16. The molecule has 4 aromatic rings. The van der Waals surface area contributed by atoms with Crippen molar-refractivity contribution in [1.29, 1.82) is 0 Å². The van der Waals surface area contributed by atoms with Gasteiger partial charge in [-0.3, -0.25) is 4.79 Å². The van der Waals surface area contributed by atoms with Gasteiger partial charge in [0.15, 0.2) is 5.76 Å². The lowest BCUT2D eigenvalue weighted by Gasteiger charge is -1.97. The number of benzene rings is 1. The summed E-state index contributed by atoms with van der Waals surface area (Å²) in [5.74, 6) is 0.803. The first kappa shape index (κ1) is 21.8. The summed E-state index contributed by atoms with van der Waals surface area (Å²) >= 11 is 0. The van der Waals surface area contributed by atoms with Crippen LogP contribution in [-0.2, 0) is 4.74 Å². The second kappa shape index (κ2) is 9.35. The summed E-state index contributed by atoms with van der Waals surface area (Å²) in [5, 5.41) is 11.9. The maximum absolute atomic E-state index is 12.5. The normalized spacial score (nSPS) is 11.1. The first-order valence-electron chi connectivity index (χ1n) is 10.1. The van der Waals surface area contributed by atoms with Crippen molar-refractivity contribution in [3.05, 3.63) is 70.9 Å². The third-order valence-electron chi connectivity index (χ3n) is 4.61. The van der Waals surface area contributed by atoms with Gasteiger partial charge in [0.05, 0.1) is 18.4 Å². The number of carbonyl (C=O) groups excluding carboxylic acids is 2. The van der Waals surface area contributed by atoms with E-state index in [1.54, 1.807) is 20.8 Å². The molecule has 1 N–H and O–H groups in total. The average molecular weight is 448 g/mol. The van der Waals surface area contributed by atoms with E-state index in [4.69, 9.17) is 18.0 Å². The third-order valence-corrected chi connectivity index (χ3v) is 4.61. The van der Waals surface area contributed by atoms with E-state index >= 15 is 0 Å². The molecule has 3 aromatic heterocycles. The lowest BCUT2D eigenvalue weighted by atomic mass is 10.2. The van der Waals surface area contributed by atoms with Crippen molar-refractivity contribution in [3.63, 3.8) is 0 Å². The summed E-state index contributed by atoms with van der Waals surface area (Å²) in [4.78, 5) is 24.4. The Hall–Kier alpha value is -4.47. The highest BCUT2D eigenvalue weighted by Crippen LogP contribution is 2.27. The standard InChI is InChI=1S/C23H20N4O6/c1-4-30-23(29)18-10-16(31-14(18)3)12-24-25-20(28)17-11-19(32-13(17)2)22-27-26-21(33-22)15-8-6-5-7-9-15/h5-12H,4H2,1-3H3,(H,25,28)/b24-12+. The molecule has 168 valence electrons. The van der Waals surface area contributed by atoms with Gasteiger partial charge in [0.25, 0.3) is 11.8 Å². The fourth-order valence-electron chi connectivity index (χ4n) is 3.03. The molecule has 0 fully saturated rings. The Balaban J connectivity index is 1.44. The van der Waals surface area contributed by atoms with Crippen LogP contribution in [0, 0.1) is 13.8 Å². The number of nitrogens with zero attached hydrogens (tertiary/aromatic N) is 3. The van der Waals surface area contributed by atoms with Gasteiger partial charge in [0.2, 0.25) is 5.89 Å². The van der Waals surface area contributed by atoms with E-state index < -0.39 is 11.9 Å². The number of furan rings is 2. The van der Waals surface area contributed by atoms with Crippen LogP contribution >= 0.6 is 0 Å². The lowest BCUT2D eigenvalue weighted by molar-refractivity contribution is 0.0524. The summed E-state index contributed by atoms with van der Waals surface area (Å²) in [5.41, 5.74) is 3.72. The van der Waals surface area contributed by atoms with E-state index in [2.05, 4.69) is 20.7 Å².